The zero-order valence-electron chi connectivity index (χ0n) is 16.1. The molecule has 0 spiro atoms. The Hall–Kier alpha value is -2.82. The summed E-state index contributed by atoms with van der Waals surface area (Å²) in [4.78, 5) is 18.7. The van der Waals surface area contributed by atoms with Crippen molar-refractivity contribution in [3.8, 4) is 11.1 Å². The van der Waals surface area contributed by atoms with Gasteiger partial charge < -0.3 is 14.0 Å². The number of fused-ring (bicyclic) bond motifs is 1. The van der Waals surface area contributed by atoms with Gasteiger partial charge in [-0.25, -0.2) is 9.78 Å². The Balaban J connectivity index is 1.54. The Morgan fingerprint density at radius 3 is 2.67 bits per heavy atom. The number of hydrogen-bond acceptors (Lipinski definition) is 3. The average Bonchev–Trinajstić information content (AvgIpc) is 3.27. The maximum Gasteiger partial charge on any atom is 0.410 e. The molecule has 27 heavy (non-hydrogen) atoms. The highest BCUT2D eigenvalue weighted by atomic mass is 16.6. The van der Waals surface area contributed by atoms with Crippen LogP contribution in [-0.2, 0) is 4.74 Å². The van der Waals surface area contributed by atoms with E-state index in [1.807, 2.05) is 45.2 Å². The van der Waals surface area contributed by atoms with E-state index < -0.39 is 5.60 Å². The summed E-state index contributed by atoms with van der Waals surface area (Å²) in [6.45, 7) is 7.08. The molecule has 0 saturated carbocycles. The molecule has 1 fully saturated rings. The molecule has 1 aliphatic rings. The number of carbonyl (C=O) groups excluding carboxylic acids is 1. The highest BCUT2D eigenvalue weighted by Gasteiger charge is 2.31. The smallest absolute Gasteiger partial charge is 0.410 e. The fourth-order valence-electron chi connectivity index (χ4n) is 3.61. The van der Waals surface area contributed by atoms with Crippen LogP contribution in [0, 0.1) is 0 Å². The number of likely N-dealkylation sites (tertiary alicyclic amines) is 1. The summed E-state index contributed by atoms with van der Waals surface area (Å²) in [6, 6.07) is 14.5. The number of nitrogens with zero attached hydrogens (tertiary/aromatic N) is 3. The lowest BCUT2D eigenvalue weighted by Crippen LogP contribution is -2.35. The van der Waals surface area contributed by atoms with Crippen molar-refractivity contribution in [3.05, 3.63) is 60.6 Å². The molecular formula is C22H25N3O2. The first kappa shape index (κ1) is 17.6. The Bertz CT molecular complexity index is 957. The highest BCUT2D eigenvalue weighted by molar-refractivity contribution is 5.69. The summed E-state index contributed by atoms with van der Waals surface area (Å²) in [7, 11) is 0. The van der Waals surface area contributed by atoms with Crippen molar-refractivity contribution in [2.45, 2.75) is 38.7 Å². The molecule has 2 aromatic heterocycles. The lowest BCUT2D eigenvalue weighted by molar-refractivity contribution is 0.0292. The van der Waals surface area contributed by atoms with Crippen molar-refractivity contribution in [2.24, 2.45) is 0 Å². The lowest BCUT2D eigenvalue weighted by Gasteiger charge is -2.24. The first-order valence-electron chi connectivity index (χ1n) is 9.41. The van der Waals surface area contributed by atoms with Gasteiger partial charge in [0.15, 0.2) is 0 Å². The second kappa shape index (κ2) is 6.72. The van der Waals surface area contributed by atoms with Crippen LogP contribution in [0.15, 0.2) is 54.9 Å². The predicted octanol–water partition coefficient (Wildman–Crippen LogP) is 4.73. The molecule has 1 aliphatic heterocycles. The maximum atomic E-state index is 12.3. The topological polar surface area (TPSA) is 46.8 Å². The van der Waals surface area contributed by atoms with Gasteiger partial charge in [0.1, 0.15) is 11.2 Å². The molecule has 0 radical (unpaired) electrons. The minimum absolute atomic E-state index is 0.231. The molecule has 5 nitrogen and oxygen atoms in total. The SMILES string of the molecule is CC(C)(C)OC(=O)N1CCC(c2cnc3cc(-c4ccccc4)ccn23)C1. The van der Waals surface area contributed by atoms with E-state index >= 15 is 0 Å². The van der Waals surface area contributed by atoms with Gasteiger partial charge in [-0.15, -0.1) is 0 Å². The van der Waals surface area contributed by atoms with Crippen molar-refractivity contribution < 1.29 is 9.53 Å². The van der Waals surface area contributed by atoms with Gasteiger partial charge in [-0.3, -0.25) is 0 Å². The molecule has 3 heterocycles. The van der Waals surface area contributed by atoms with E-state index in [9.17, 15) is 4.79 Å². The van der Waals surface area contributed by atoms with E-state index in [1.165, 1.54) is 5.56 Å². The van der Waals surface area contributed by atoms with E-state index in [2.05, 4.69) is 39.8 Å². The van der Waals surface area contributed by atoms with E-state index in [4.69, 9.17) is 4.74 Å². The molecule has 140 valence electrons. The normalized spacial score (nSPS) is 17.4. The molecule has 1 aromatic carbocycles. The highest BCUT2D eigenvalue weighted by Crippen LogP contribution is 2.30. The van der Waals surface area contributed by atoms with Gasteiger partial charge >= 0.3 is 6.09 Å². The molecule has 1 amide bonds. The van der Waals surface area contributed by atoms with Gasteiger partial charge in [-0.1, -0.05) is 30.3 Å². The van der Waals surface area contributed by atoms with Crippen LogP contribution in [0.25, 0.3) is 16.8 Å². The third-order valence-electron chi connectivity index (χ3n) is 4.91. The third-order valence-corrected chi connectivity index (χ3v) is 4.91. The minimum Gasteiger partial charge on any atom is -0.444 e. The summed E-state index contributed by atoms with van der Waals surface area (Å²) in [6.07, 6.45) is 4.71. The monoisotopic (exact) mass is 363 g/mol. The van der Waals surface area contributed by atoms with Gasteiger partial charge in [-0.05, 0) is 50.5 Å². The zero-order chi connectivity index (χ0) is 19.0. The molecule has 4 rings (SSSR count). The van der Waals surface area contributed by atoms with E-state index in [0.717, 1.165) is 29.9 Å². The number of aromatic nitrogens is 2. The van der Waals surface area contributed by atoms with Gasteiger partial charge in [-0.2, -0.15) is 0 Å². The summed E-state index contributed by atoms with van der Waals surface area (Å²) in [5, 5.41) is 0. The van der Waals surface area contributed by atoms with Crippen molar-refractivity contribution in [1.29, 1.82) is 0 Å². The number of pyridine rings is 1. The molecule has 1 saturated heterocycles. The van der Waals surface area contributed by atoms with Crippen LogP contribution in [0.5, 0.6) is 0 Å². The van der Waals surface area contributed by atoms with E-state index in [1.54, 1.807) is 4.90 Å². The summed E-state index contributed by atoms with van der Waals surface area (Å²) < 4.78 is 7.64. The standard InChI is InChI=1S/C22H25N3O2/c1-22(2,3)27-21(26)24-11-9-18(15-24)19-14-23-20-13-17(10-12-25(19)20)16-7-5-4-6-8-16/h4-8,10,12-14,18H,9,11,15H2,1-3H3. The molecular weight excluding hydrogens is 338 g/mol. The van der Waals surface area contributed by atoms with Crippen molar-refractivity contribution in [1.82, 2.24) is 14.3 Å². The predicted molar refractivity (Wildman–Crippen MR) is 106 cm³/mol. The van der Waals surface area contributed by atoms with Gasteiger partial charge in [0.25, 0.3) is 0 Å². The number of benzene rings is 1. The molecule has 1 unspecified atom stereocenters. The van der Waals surface area contributed by atoms with Crippen molar-refractivity contribution in [2.75, 3.05) is 13.1 Å². The lowest BCUT2D eigenvalue weighted by atomic mass is 10.1. The van der Waals surface area contributed by atoms with Crippen LogP contribution in [0.4, 0.5) is 4.79 Å². The van der Waals surface area contributed by atoms with Crippen LogP contribution >= 0.6 is 0 Å². The summed E-state index contributed by atoms with van der Waals surface area (Å²) in [5.74, 6) is 0.273. The Morgan fingerprint density at radius 1 is 1.15 bits per heavy atom. The molecule has 0 aliphatic carbocycles. The number of amides is 1. The zero-order valence-corrected chi connectivity index (χ0v) is 16.1. The molecule has 3 aromatic rings. The number of ether oxygens (including phenoxy) is 1. The largest absolute Gasteiger partial charge is 0.444 e. The fourth-order valence-corrected chi connectivity index (χ4v) is 3.61. The van der Waals surface area contributed by atoms with Gasteiger partial charge in [0.2, 0.25) is 0 Å². The van der Waals surface area contributed by atoms with Crippen LogP contribution in [0.1, 0.15) is 38.8 Å². The van der Waals surface area contributed by atoms with Crippen molar-refractivity contribution in [3.63, 3.8) is 0 Å². The van der Waals surface area contributed by atoms with Crippen LogP contribution in [0.3, 0.4) is 0 Å². The number of imidazole rings is 1. The first-order chi connectivity index (χ1) is 12.9. The molecule has 0 N–H and O–H groups in total. The maximum absolute atomic E-state index is 12.3. The molecule has 1 atom stereocenters. The van der Waals surface area contributed by atoms with Crippen LogP contribution < -0.4 is 0 Å². The summed E-state index contributed by atoms with van der Waals surface area (Å²) in [5.41, 5.74) is 3.95. The summed E-state index contributed by atoms with van der Waals surface area (Å²) >= 11 is 0. The number of rotatable bonds is 2. The number of carbonyl (C=O) groups is 1. The van der Waals surface area contributed by atoms with Crippen molar-refractivity contribution >= 4 is 11.7 Å². The quantitative estimate of drug-likeness (QED) is 0.661. The third kappa shape index (κ3) is 3.68. The second-order valence-corrected chi connectivity index (χ2v) is 8.10. The minimum atomic E-state index is -0.466. The Kier molecular flexibility index (Phi) is 4.38. The van der Waals surface area contributed by atoms with Gasteiger partial charge in [0, 0.05) is 37.1 Å². The number of hydrogen-bond donors (Lipinski definition) is 0. The molecule has 5 heteroatoms. The molecule has 0 bridgehead atoms. The fraction of sp³-hybridized carbons (Fsp3) is 0.364. The first-order valence-corrected chi connectivity index (χ1v) is 9.41. The van der Waals surface area contributed by atoms with Crippen LogP contribution in [0.2, 0.25) is 0 Å². The van der Waals surface area contributed by atoms with Crippen LogP contribution in [-0.4, -0.2) is 39.1 Å². The van der Waals surface area contributed by atoms with E-state index in [0.29, 0.717) is 6.54 Å². The Morgan fingerprint density at radius 2 is 1.93 bits per heavy atom. The Labute approximate surface area is 159 Å². The average molecular weight is 363 g/mol. The van der Waals surface area contributed by atoms with E-state index in [-0.39, 0.29) is 12.0 Å². The second-order valence-electron chi connectivity index (χ2n) is 8.10. The van der Waals surface area contributed by atoms with Gasteiger partial charge in [0.05, 0.1) is 0 Å².